The Kier molecular flexibility index (Phi) is 18.8. The van der Waals surface area contributed by atoms with Gasteiger partial charge < -0.3 is 9.47 Å². The van der Waals surface area contributed by atoms with E-state index < -0.39 is 0 Å². The summed E-state index contributed by atoms with van der Waals surface area (Å²) >= 11 is 18.4. The van der Waals surface area contributed by atoms with Crippen LogP contribution >= 0.6 is 50.5 Å². The number of aryl methyl sites for hydroxylation is 3. The lowest BCUT2D eigenvalue weighted by Crippen LogP contribution is -2.35. The number of rotatable bonds is 22. The second-order valence-corrected chi connectivity index (χ2v) is 16.8. The number of hydrogen-bond donors (Lipinski definition) is 4. The van der Waals surface area contributed by atoms with Crippen LogP contribution in [-0.2, 0) is 28.8 Å². The van der Waals surface area contributed by atoms with E-state index in [-0.39, 0.29) is 23.8 Å². The van der Waals surface area contributed by atoms with Gasteiger partial charge in [-0.15, -0.1) is 0 Å². The summed E-state index contributed by atoms with van der Waals surface area (Å²) in [7, 11) is 0. The SMILES string of the molecule is C=C(C)C(=O)OCCCc1cc(-c2ccc(-c3ccc(C4CCC(CCCCC)CC4)cc3F)c(CC)c2)cc(CCCS)c1OCC(CS)(CS)CS. The van der Waals surface area contributed by atoms with Crippen molar-refractivity contribution in [1.82, 2.24) is 0 Å². The van der Waals surface area contributed by atoms with Gasteiger partial charge in [-0.3, -0.25) is 0 Å². The fourth-order valence-corrected chi connectivity index (χ4v) is 9.24. The van der Waals surface area contributed by atoms with Crippen LogP contribution in [-0.4, -0.2) is 42.2 Å². The summed E-state index contributed by atoms with van der Waals surface area (Å²) in [5.41, 5.74) is 8.29. The van der Waals surface area contributed by atoms with Crippen LogP contribution in [0, 0.1) is 17.2 Å². The van der Waals surface area contributed by atoms with Crippen molar-refractivity contribution in [2.75, 3.05) is 36.2 Å². The van der Waals surface area contributed by atoms with E-state index in [0.717, 1.165) is 88.5 Å². The lowest BCUT2D eigenvalue weighted by molar-refractivity contribution is -0.139. The van der Waals surface area contributed by atoms with Gasteiger partial charge in [0, 0.05) is 33.8 Å². The molecule has 296 valence electrons. The maximum atomic E-state index is 16.0. The number of benzene rings is 3. The quantitative estimate of drug-likeness (QED) is 0.0353. The van der Waals surface area contributed by atoms with Crippen molar-refractivity contribution in [3.63, 3.8) is 0 Å². The minimum absolute atomic E-state index is 0.134. The van der Waals surface area contributed by atoms with E-state index >= 15 is 4.39 Å². The molecule has 1 aliphatic rings. The topological polar surface area (TPSA) is 35.5 Å². The van der Waals surface area contributed by atoms with E-state index in [1.54, 1.807) is 13.0 Å². The van der Waals surface area contributed by atoms with Crippen LogP contribution in [0.3, 0.4) is 0 Å². The Bertz CT molecular complexity index is 1650. The van der Waals surface area contributed by atoms with Gasteiger partial charge in [-0.2, -0.15) is 50.5 Å². The summed E-state index contributed by atoms with van der Waals surface area (Å²) in [6.07, 6.45) is 13.9. The zero-order valence-corrected chi connectivity index (χ0v) is 36.4. The van der Waals surface area contributed by atoms with E-state index in [1.165, 1.54) is 38.5 Å². The molecule has 0 heterocycles. The number of carbonyl (C=O) groups is 1. The zero-order valence-electron chi connectivity index (χ0n) is 32.8. The van der Waals surface area contributed by atoms with Crippen LogP contribution in [0.25, 0.3) is 22.3 Å². The van der Waals surface area contributed by atoms with Gasteiger partial charge in [-0.1, -0.05) is 76.4 Å². The van der Waals surface area contributed by atoms with Gasteiger partial charge in [0.25, 0.3) is 0 Å². The average Bonchev–Trinajstić information content (AvgIpc) is 3.19. The Morgan fingerprint density at radius 1 is 0.815 bits per heavy atom. The van der Waals surface area contributed by atoms with Crippen molar-refractivity contribution < 1.29 is 18.7 Å². The van der Waals surface area contributed by atoms with Gasteiger partial charge in [-0.25, -0.2) is 9.18 Å². The Labute approximate surface area is 347 Å². The zero-order chi connectivity index (χ0) is 39.1. The monoisotopic (exact) mass is 810 g/mol. The molecule has 0 spiro atoms. The van der Waals surface area contributed by atoms with E-state index in [9.17, 15) is 4.79 Å². The summed E-state index contributed by atoms with van der Waals surface area (Å²) in [4.78, 5) is 12.1. The molecule has 3 aromatic rings. The highest BCUT2D eigenvalue weighted by Gasteiger charge is 2.28. The van der Waals surface area contributed by atoms with E-state index in [4.69, 9.17) is 9.47 Å². The maximum absolute atomic E-state index is 16.0. The maximum Gasteiger partial charge on any atom is 0.333 e. The highest BCUT2D eigenvalue weighted by molar-refractivity contribution is 7.82. The second kappa shape index (κ2) is 22.7. The second-order valence-electron chi connectivity index (χ2n) is 15.4. The van der Waals surface area contributed by atoms with Crippen molar-refractivity contribution in [1.29, 1.82) is 0 Å². The van der Waals surface area contributed by atoms with Gasteiger partial charge in [0.1, 0.15) is 11.6 Å². The van der Waals surface area contributed by atoms with Crippen LogP contribution in [0.1, 0.15) is 113 Å². The summed E-state index contributed by atoms with van der Waals surface area (Å²) in [6.45, 7) is 10.5. The predicted octanol–water partition coefficient (Wildman–Crippen LogP) is 12.6. The lowest BCUT2D eigenvalue weighted by atomic mass is 9.77. The normalized spacial score (nSPS) is 16.0. The fraction of sp³-hybridized carbons (Fsp3) is 0.543. The third-order valence-corrected chi connectivity index (χ3v) is 13.5. The minimum atomic E-state index is -0.380. The third kappa shape index (κ3) is 12.2. The lowest BCUT2D eigenvalue weighted by Gasteiger charge is -2.30. The molecule has 1 aliphatic carbocycles. The molecule has 0 aliphatic heterocycles. The van der Waals surface area contributed by atoms with E-state index in [2.05, 4.69) is 107 Å². The summed E-state index contributed by atoms with van der Waals surface area (Å²) in [5.74, 6) is 4.19. The van der Waals surface area contributed by atoms with Crippen LogP contribution in [0.15, 0.2) is 60.7 Å². The highest BCUT2D eigenvalue weighted by atomic mass is 32.1. The smallest absolute Gasteiger partial charge is 0.333 e. The van der Waals surface area contributed by atoms with Gasteiger partial charge >= 0.3 is 5.97 Å². The number of ether oxygens (including phenoxy) is 2. The van der Waals surface area contributed by atoms with Crippen molar-refractivity contribution in [3.05, 3.63) is 88.8 Å². The molecule has 1 fully saturated rings. The minimum Gasteiger partial charge on any atom is -0.492 e. The summed E-state index contributed by atoms with van der Waals surface area (Å²) < 4.78 is 28.1. The largest absolute Gasteiger partial charge is 0.492 e. The first-order chi connectivity index (χ1) is 26.1. The van der Waals surface area contributed by atoms with Crippen molar-refractivity contribution in [2.24, 2.45) is 11.3 Å². The van der Waals surface area contributed by atoms with Crippen LogP contribution in [0.4, 0.5) is 4.39 Å². The molecular weight excluding hydrogens is 748 g/mol. The van der Waals surface area contributed by atoms with Crippen LogP contribution in [0.5, 0.6) is 5.75 Å². The predicted molar refractivity (Wildman–Crippen MR) is 241 cm³/mol. The number of esters is 1. The fourth-order valence-electron chi connectivity index (χ4n) is 7.61. The first-order valence-corrected chi connectivity index (χ1v) is 22.6. The Morgan fingerprint density at radius 3 is 2.06 bits per heavy atom. The standard InChI is InChI=1S/C46H63FO3S4/c1-5-7-8-11-33-14-16-35(17-15-33)37-19-21-42(43(47)27-37)41-20-18-36(24-34(41)6-2)40-25-38(12-9-22-49-45(48)32(3)4)44(39(26-40)13-10-23-51)50-28-46(29-52,30-53)31-54/h18-21,24-27,33,35,51-54H,3,5-17,22-23,28-31H2,1-2,4H3. The van der Waals surface area contributed by atoms with Crippen LogP contribution in [0.2, 0.25) is 0 Å². The number of hydrogen-bond acceptors (Lipinski definition) is 7. The molecule has 0 N–H and O–H groups in total. The molecule has 0 aromatic heterocycles. The molecule has 0 unspecified atom stereocenters. The number of carbonyl (C=O) groups excluding carboxylic acids is 1. The van der Waals surface area contributed by atoms with Gasteiger partial charge in [0.2, 0.25) is 0 Å². The Hall–Kier alpha value is -2.00. The first kappa shape index (κ1) is 44.7. The molecule has 54 heavy (non-hydrogen) atoms. The number of thiol groups is 4. The molecule has 3 aromatic carbocycles. The molecular formula is C46H63FO3S4. The van der Waals surface area contributed by atoms with E-state index in [0.29, 0.717) is 53.8 Å². The third-order valence-electron chi connectivity index (χ3n) is 11.2. The van der Waals surface area contributed by atoms with Crippen molar-refractivity contribution >= 4 is 56.5 Å². The van der Waals surface area contributed by atoms with E-state index in [1.807, 2.05) is 6.07 Å². The van der Waals surface area contributed by atoms with Crippen LogP contribution < -0.4 is 4.74 Å². The first-order valence-electron chi connectivity index (χ1n) is 20.1. The number of unbranched alkanes of at least 4 members (excludes halogenated alkanes) is 2. The molecule has 0 saturated heterocycles. The molecule has 1 saturated carbocycles. The summed E-state index contributed by atoms with van der Waals surface area (Å²) in [5, 5.41) is 0. The van der Waals surface area contributed by atoms with Crippen molar-refractivity contribution in [2.45, 2.75) is 110 Å². The molecule has 4 rings (SSSR count). The summed E-state index contributed by atoms with van der Waals surface area (Å²) in [6, 6.07) is 16.8. The number of halogens is 1. The average molecular weight is 811 g/mol. The molecule has 0 atom stereocenters. The molecule has 0 bridgehead atoms. The van der Waals surface area contributed by atoms with Gasteiger partial charge in [-0.05, 0) is 139 Å². The molecule has 8 heteroatoms. The Balaban J connectivity index is 1.64. The van der Waals surface area contributed by atoms with Gasteiger partial charge in [0.05, 0.1) is 13.2 Å². The molecule has 0 amide bonds. The molecule has 0 radical (unpaired) electrons. The molecule has 3 nitrogen and oxygen atoms in total. The highest BCUT2D eigenvalue weighted by Crippen LogP contribution is 2.41. The van der Waals surface area contributed by atoms with Crippen molar-refractivity contribution in [3.8, 4) is 28.0 Å². The Morgan fingerprint density at radius 2 is 1.46 bits per heavy atom. The van der Waals surface area contributed by atoms with Gasteiger partial charge in [0.15, 0.2) is 0 Å².